The molecule has 92 valence electrons. The minimum Gasteiger partial charge on any atom is -0.371 e. The van der Waals surface area contributed by atoms with Crippen LogP contribution in [0.5, 0.6) is 0 Å². The molecule has 1 aromatic rings. The van der Waals surface area contributed by atoms with E-state index in [1.54, 1.807) is 0 Å². The van der Waals surface area contributed by atoms with E-state index in [4.69, 9.17) is 17.3 Å². The maximum absolute atomic E-state index is 6.05. The number of halogens is 3. The lowest BCUT2D eigenvalue weighted by molar-refractivity contribution is 0.598. The van der Waals surface area contributed by atoms with Crippen LogP contribution in [-0.4, -0.2) is 13.1 Å². The van der Waals surface area contributed by atoms with Gasteiger partial charge in [0.15, 0.2) is 0 Å². The van der Waals surface area contributed by atoms with E-state index in [9.17, 15) is 0 Å². The fourth-order valence-corrected chi connectivity index (χ4v) is 2.19. The van der Waals surface area contributed by atoms with Crippen LogP contribution in [0.4, 0.5) is 5.69 Å². The Kier molecular flexibility index (Phi) is 6.49. The van der Waals surface area contributed by atoms with Crippen LogP contribution in [0.2, 0.25) is 5.02 Å². The molecule has 1 aliphatic heterocycles. The van der Waals surface area contributed by atoms with Gasteiger partial charge in [-0.25, -0.2) is 0 Å². The van der Waals surface area contributed by atoms with Gasteiger partial charge in [0.25, 0.3) is 0 Å². The van der Waals surface area contributed by atoms with E-state index >= 15 is 0 Å². The molecule has 2 nitrogen and oxygen atoms in total. The van der Waals surface area contributed by atoms with Gasteiger partial charge in [0.05, 0.1) is 0 Å². The Morgan fingerprint density at radius 1 is 1.44 bits per heavy atom. The predicted octanol–water partition coefficient (Wildman–Crippen LogP) is 3.41. The van der Waals surface area contributed by atoms with Gasteiger partial charge in [0.1, 0.15) is 0 Å². The highest BCUT2D eigenvalue weighted by atomic mass is 35.5. The van der Waals surface area contributed by atoms with Gasteiger partial charge in [0, 0.05) is 29.8 Å². The van der Waals surface area contributed by atoms with Gasteiger partial charge in [-0.15, -0.1) is 24.8 Å². The van der Waals surface area contributed by atoms with Crippen molar-refractivity contribution in [1.29, 1.82) is 0 Å². The first kappa shape index (κ1) is 15.9. The second-order valence-corrected chi connectivity index (χ2v) is 4.11. The fourth-order valence-electron chi connectivity index (χ4n) is 2.01. The minimum atomic E-state index is 0. The van der Waals surface area contributed by atoms with E-state index in [1.807, 2.05) is 12.1 Å². The Labute approximate surface area is 114 Å². The number of fused-ring (bicyclic) bond motifs is 1. The van der Waals surface area contributed by atoms with Crippen LogP contribution in [-0.2, 0) is 0 Å². The van der Waals surface area contributed by atoms with Gasteiger partial charge in [-0.1, -0.05) is 11.6 Å². The van der Waals surface area contributed by atoms with Crippen LogP contribution in [0.25, 0.3) is 0 Å². The van der Waals surface area contributed by atoms with E-state index < -0.39 is 0 Å². The summed E-state index contributed by atoms with van der Waals surface area (Å²) in [6, 6.07) is 6.14. The molecule has 0 saturated heterocycles. The maximum atomic E-state index is 6.05. The molecule has 0 aromatic heterocycles. The quantitative estimate of drug-likeness (QED) is 0.856. The van der Waals surface area contributed by atoms with Crippen molar-refractivity contribution >= 4 is 42.1 Å². The molecule has 0 aliphatic carbocycles. The van der Waals surface area contributed by atoms with E-state index in [-0.39, 0.29) is 30.9 Å². The van der Waals surface area contributed by atoms with Gasteiger partial charge in [-0.05, 0) is 37.1 Å². The van der Waals surface area contributed by atoms with Crippen LogP contribution >= 0.6 is 36.4 Å². The summed E-state index contributed by atoms with van der Waals surface area (Å²) in [5.41, 5.74) is 8.48. The summed E-state index contributed by atoms with van der Waals surface area (Å²) in [7, 11) is 0. The van der Waals surface area contributed by atoms with Crippen LogP contribution < -0.4 is 10.6 Å². The second-order valence-electron chi connectivity index (χ2n) is 3.68. The second kappa shape index (κ2) is 6.55. The summed E-state index contributed by atoms with van der Waals surface area (Å²) >= 11 is 5.96. The summed E-state index contributed by atoms with van der Waals surface area (Å²) in [4.78, 5) is 2.34. The molecule has 5 heteroatoms. The molecule has 0 bridgehead atoms. The third kappa shape index (κ3) is 2.95. The topological polar surface area (TPSA) is 29.3 Å². The highest BCUT2D eigenvalue weighted by Gasteiger charge is 2.21. The average Bonchev–Trinajstić information content (AvgIpc) is 2.19. The van der Waals surface area contributed by atoms with Crippen LogP contribution in [0.3, 0.4) is 0 Å². The molecule has 1 aromatic carbocycles. The zero-order valence-electron chi connectivity index (χ0n) is 9.15. The molecule has 0 radical (unpaired) electrons. The first-order chi connectivity index (χ1) is 6.72. The van der Waals surface area contributed by atoms with Crippen molar-refractivity contribution in [3.05, 3.63) is 28.8 Å². The molecule has 1 aliphatic rings. The van der Waals surface area contributed by atoms with Crippen molar-refractivity contribution in [2.45, 2.75) is 19.4 Å². The highest BCUT2D eigenvalue weighted by Crippen LogP contribution is 2.33. The van der Waals surface area contributed by atoms with Crippen molar-refractivity contribution in [2.24, 2.45) is 5.73 Å². The molecule has 1 atom stereocenters. The lowest BCUT2D eigenvalue weighted by Gasteiger charge is -2.33. The molecule has 16 heavy (non-hydrogen) atoms. The van der Waals surface area contributed by atoms with Crippen LogP contribution in [0.1, 0.15) is 24.9 Å². The third-order valence-corrected chi connectivity index (χ3v) is 3.06. The number of nitrogens with two attached hydrogens (primary N) is 1. The van der Waals surface area contributed by atoms with Crippen molar-refractivity contribution in [1.82, 2.24) is 0 Å². The van der Waals surface area contributed by atoms with Crippen LogP contribution in [0, 0.1) is 0 Å². The van der Waals surface area contributed by atoms with Gasteiger partial charge in [0.2, 0.25) is 0 Å². The monoisotopic (exact) mass is 282 g/mol. The lowest BCUT2D eigenvalue weighted by atomic mass is 9.97. The Hall–Kier alpha value is -0.150. The number of nitrogens with zero attached hydrogens (tertiary/aromatic N) is 1. The Morgan fingerprint density at radius 2 is 2.12 bits per heavy atom. The van der Waals surface area contributed by atoms with Crippen molar-refractivity contribution in [3.8, 4) is 0 Å². The minimum absolute atomic E-state index is 0. The number of anilines is 1. The standard InChI is InChI=1S/C11H15ClN2.2ClH/c1-2-14-6-5-10(13)9-7-8(12)3-4-11(9)14;;/h3-4,7,10H,2,5-6,13H2,1H3;2*1H. The molecule has 0 amide bonds. The summed E-state index contributed by atoms with van der Waals surface area (Å²) < 4.78 is 0. The van der Waals surface area contributed by atoms with E-state index in [0.29, 0.717) is 0 Å². The van der Waals surface area contributed by atoms with Crippen molar-refractivity contribution in [2.75, 3.05) is 18.0 Å². The molecule has 0 spiro atoms. The molecule has 2 rings (SSSR count). The molecular weight excluding hydrogens is 266 g/mol. The smallest absolute Gasteiger partial charge is 0.0415 e. The fraction of sp³-hybridized carbons (Fsp3) is 0.455. The van der Waals surface area contributed by atoms with Gasteiger partial charge in [-0.2, -0.15) is 0 Å². The lowest BCUT2D eigenvalue weighted by Crippen LogP contribution is -2.33. The SMILES string of the molecule is CCN1CCC(N)c2cc(Cl)ccc21.Cl.Cl. The van der Waals surface area contributed by atoms with Crippen molar-refractivity contribution in [3.63, 3.8) is 0 Å². The zero-order valence-corrected chi connectivity index (χ0v) is 11.5. The molecule has 1 heterocycles. The zero-order chi connectivity index (χ0) is 10.1. The van der Waals surface area contributed by atoms with Gasteiger partial charge >= 0.3 is 0 Å². The average molecular weight is 284 g/mol. The van der Waals surface area contributed by atoms with Crippen LogP contribution in [0.15, 0.2) is 18.2 Å². The largest absolute Gasteiger partial charge is 0.371 e. The summed E-state index contributed by atoms with van der Waals surface area (Å²) in [5.74, 6) is 0. The third-order valence-electron chi connectivity index (χ3n) is 2.82. The molecular formula is C11H17Cl3N2. The molecule has 2 N–H and O–H groups in total. The number of benzene rings is 1. The Balaban J connectivity index is 0.00000112. The Bertz CT molecular complexity index is 344. The van der Waals surface area contributed by atoms with E-state index in [0.717, 1.165) is 24.5 Å². The number of hydrogen-bond donors (Lipinski definition) is 1. The first-order valence-electron chi connectivity index (χ1n) is 5.02. The van der Waals surface area contributed by atoms with E-state index in [2.05, 4.69) is 17.9 Å². The van der Waals surface area contributed by atoms with Gasteiger partial charge in [-0.3, -0.25) is 0 Å². The summed E-state index contributed by atoms with van der Waals surface area (Å²) in [6.07, 6.45) is 1.02. The van der Waals surface area contributed by atoms with Crippen molar-refractivity contribution < 1.29 is 0 Å². The molecule has 0 fully saturated rings. The van der Waals surface area contributed by atoms with E-state index in [1.165, 1.54) is 11.3 Å². The predicted molar refractivity (Wildman–Crippen MR) is 75.4 cm³/mol. The highest BCUT2D eigenvalue weighted by molar-refractivity contribution is 6.30. The Morgan fingerprint density at radius 3 is 2.75 bits per heavy atom. The molecule has 1 unspecified atom stereocenters. The molecule has 0 saturated carbocycles. The summed E-state index contributed by atoms with van der Waals surface area (Å²) in [6.45, 7) is 4.24. The number of hydrogen-bond acceptors (Lipinski definition) is 2. The first-order valence-corrected chi connectivity index (χ1v) is 5.40. The summed E-state index contributed by atoms with van der Waals surface area (Å²) in [5, 5.41) is 0.775. The van der Waals surface area contributed by atoms with Gasteiger partial charge < -0.3 is 10.6 Å². The normalized spacial score (nSPS) is 18.2. The maximum Gasteiger partial charge on any atom is 0.0415 e. The number of rotatable bonds is 1.